The van der Waals surface area contributed by atoms with E-state index in [4.69, 9.17) is 25.9 Å². The van der Waals surface area contributed by atoms with Crippen LogP contribution in [0.2, 0.25) is 5.28 Å². The Morgan fingerprint density at radius 1 is 1.15 bits per heavy atom. The molecule has 2 heterocycles. The molecule has 33 heavy (non-hydrogen) atoms. The third-order valence-corrected chi connectivity index (χ3v) is 9.86. The van der Waals surface area contributed by atoms with Gasteiger partial charge in [-0.25, -0.2) is 4.52 Å². The topological polar surface area (TPSA) is 187 Å². The van der Waals surface area contributed by atoms with Crippen molar-refractivity contribution in [1.29, 1.82) is 0 Å². The van der Waals surface area contributed by atoms with Crippen molar-refractivity contribution < 1.29 is 38.5 Å². The summed E-state index contributed by atoms with van der Waals surface area (Å²) < 4.78 is 29.4. The zero-order chi connectivity index (χ0) is 24.0. The number of hydrogen-bond donors (Lipinski definition) is 6. The lowest BCUT2D eigenvalue weighted by molar-refractivity contribution is 0.00366. The Bertz CT molecular complexity index is 1100. The van der Waals surface area contributed by atoms with Crippen LogP contribution in [0.4, 0.5) is 5.82 Å². The van der Waals surface area contributed by atoms with Gasteiger partial charge in [-0.2, -0.15) is 4.98 Å². The van der Waals surface area contributed by atoms with Gasteiger partial charge in [0.1, 0.15) is 5.52 Å². The predicted molar refractivity (Wildman–Crippen MR) is 119 cm³/mol. The Balaban J connectivity index is 1.53. The van der Waals surface area contributed by atoms with Crippen LogP contribution in [0.15, 0.2) is 12.1 Å². The number of rotatable bonds is 8. The molecule has 2 aliphatic carbocycles. The average Bonchev–Trinajstić information content (AvgIpc) is 3.40. The number of halogens is 1. The Labute approximate surface area is 194 Å². The van der Waals surface area contributed by atoms with Crippen LogP contribution in [0.1, 0.15) is 43.7 Å². The van der Waals surface area contributed by atoms with Crippen LogP contribution in [0.5, 0.6) is 0 Å². The second-order valence-corrected chi connectivity index (χ2v) is 13.1. The summed E-state index contributed by atoms with van der Waals surface area (Å²) in [4.78, 5) is 31.8. The first-order chi connectivity index (χ1) is 15.4. The highest BCUT2D eigenvalue weighted by atomic mass is 35.5. The van der Waals surface area contributed by atoms with E-state index in [1.165, 1.54) is 0 Å². The fourth-order valence-corrected chi connectivity index (χ4v) is 7.48. The second-order valence-electron chi connectivity index (χ2n) is 8.73. The minimum Gasteiger partial charge on any atom is -0.390 e. The fourth-order valence-electron chi connectivity index (χ4n) is 4.71. The van der Waals surface area contributed by atoms with E-state index in [0.29, 0.717) is 23.1 Å². The molecule has 0 amide bonds. The standard InChI is InChI=1S/C18H27ClN4O8P2/c19-18-21-17(20-11-3-1-2-4-11)14-6-5-13(23(14)22-18)12-7-10(15(24)16(12)25)8-31-33(29,30)9-32(26,27)28/h5-6,10-12,15-16,24-25H,1-4,7-9H2,(H,29,30)(H,20,21,22)(H2,26,27,28)/t10-,12+,15-,16+/m1/s1. The average molecular weight is 525 g/mol. The van der Waals surface area contributed by atoms with Crippen LogP contribution in [0.3, 0.4) is 0 Å². The third-order valence-electron chi connectivity index (χ3n) is 6.24. The zero-order valence-corrected chi connectivity index (χ0v) is 20.1. The summed E-state index contributed by atoms with van der Waals surface area (Å²) in [5, 5.41) is 28.9. The van der Waals surface area contributed by atoms with Crippen LogP contribution in [0, 0.1) is 5.92 Å². The molecule has 0 radical (unpaired) electrons. The Kier molecular flexibility index (Phi) is 7.23. The Morgan fingerprint density at radius 3 is 2.52 bits per heavy atom. The monoisotopic (exact) mass is 524 g/mol. The molecule has 2 fully saturated rings. The minimum atomic E-state index is -4.76. The van der Waals surface area contributed by atoms with Crippen molar-refractivity contribution >= 4 is 38.1 Å². The molecule has 0 saturated heterocycles. The van der Waals surface area contributed by atoms with Gasteiger partial charge in [0.05, 0.1) is 18.8 Å². The lowest BCUT2D eigenvalue weighted by atomic mass is 10.0. The van der Waals surface area contributed by atoms with Crippen molar-refractivity contribution in [3.8, 4) is 0 Å². The van der Waals surface area contributed by atoms with E-state index >= 15 is 0 Å². The largest absolute Gasteiger partial charge is 0.390 e. The zero-order valence-electron chi connectivity index (χ0n) is 17.6. The van der Waals surface area contributed by atoms with Crippen LogP contribution >= 0.6 is 26.8 Å². The molecule has 0 bridgehead atoms. The molecular weight excluding hydrogens is 498 g/mol. The van der Waals surface area contributed by atoms with Gasteiger partial charge in [-0.05, 0) is 43.0 Å². The molecule has 2 saturated carbocycles. The highest BCUT2D eigenvalue weighted by molar-refractivity contribution is 7.70. The number of fused-ring (bicyclic) bond motifs is 1. The van der Waals surface area contributed by atoms with Crippen molar-refractivity contribution in [2.75, 3.05) is 17.8 Å². The number of hydrogen-bond acceptors (Lipinski definition) is 8. The maximum atomic E-state index is 11.9. The van der Waals surface area contributed by atoms with Gasteiger partial charge in [0.2, 0.25) is 5.28 Å². The summed E-state index contributed by atoms with van der Waals surface area (Å²) in [6.07, 6.45) is 2.06. The first-order valence-electron chi connectivity index (χ1n) is 10.6. The van der Waals surface area contributed by atoms with Crippen LogP contribution in [-0.2, 0) is 13.7 Å². The van der Waals surface area contributed by atoms with Crippen molar-refractivity contribution in [1.82, 2.24) is 14.6 Å². The molecule has 0 aliphatic heterocycles. The predicted octanol–water partition coefficient (Wildman–Crippen LogP) is 1.90. The number of aromatic nitrogens is 3. The molecule has 5 atom stereocenters. The highest BCUT2D eigenvalue weighted by Crippen LogP contribution is 2.56. The van der Waals surface area contributed by atoms with E-state index in [2.05, 4.69) is 15.4 Å². The number of nitrogens with zero attached hydrogens (tertiary/aromatic N) is 3. The molecule has 0 aromatic carbocycles. The quantitative estimate of drug-likeness (QED) is 0.277. The van der Waals surface area contributed by atoms with Gasteiger partial charge in [-0.3, -0.25) is 9.13 Å². The Hall–Kier alpha value is -1.07. The van der Waals surface area contributed by atoms with Crippen molar-refractivity contribution in [2.45, 2.75) is 56.3 Å². The second kappa shape index (κ2) is 9.53. The summed E-state index contributed by atoms with van der Waals surface area (Å²) in [5.41, 5.74) is 1.25. The summed E-state index contributed by atoms with van der Waals surface area (Å²) in [6, 6.07) is 3.85. The van der Waals surface area contributed by atoms with Crippen molar-refractivity contribution in [2.24, 2.45) is 5.92 Å². The molecule has 12 nitrogen and oxygen atoms in total. The van der Waals surface area contributed by atoms with Gasteiger partial charge in [0.25, 0.3) is 0 Å². The SMILES string of the molecule is O=P(O)(O)CP(=O)(O)OC[C@H]1C[C@@H](c2ccc3c(NC4CCCC4)nc(Cl)nn23)[C@H](O)[C@@H]1O. The number of aliphatic hydroxyl groups excluding tert-OH is 2. The first kappa shape index (κ1) is 25.0. The first-order valence-corrected chi connectivity index (χ1v) is 14.6. The van der Waals surface area contributed by atoms with E-state index < -0.39 is 51.7 Å². The summed E-state index contributed by atoms with van der Waals surface area (Å²) in [7, 11) is -9.33. The maximum absolute atomic E-state index is 11.9. The minimum absolute atomic E-state index is 0.0204. The van der Waals surface area contributed by atoms with E-state index in [9.17, 15) is 24.2 Å². The summed E-state index contributed by atoms with van der Waals surface area (Å²) in [5.74, 6) is -2.05. The summed E-state index contributed by atoms with van der Waals surface area (Å²) in [6.45, 7) is -0.448. The molecular formula is C18H27ClN4O8P2. The van der Waals surface area contributed by atoms with Gasteiger partial charge in [-0.1, -0.05) is 12.8 Å². The molecule has 2 aromatic heterocycles. The molecule has 4 rings (SSSR count). The molecule has 1 unspecified atom stereocenters. The third kappa shape index (κ3) is 5.78. The van der Waals surface area contributed by atoms with Gasteiger partial charge in [0, 0.05) is 23.6 Å². The van der Waals surface area contributed by atoms with Crippen molar-refractivity contribution in [3.63, 3.8) is 0 Å². The number of nitrogens with one attached hydrogen (secondary N) is 1. The van der Waals surface area contributed by atoms with Crippen molar-refractivity contribution in [3.05, 3.63) is 23.1 Å². The van der Waals surface area contributed by atoms with Crippen LogP contribution < -0.4 is 5.32 Å². The van der Waals surface area contributed by atoms with Gasteiger partial charge in [-0.15, -0.1) is 5.10 Å². The van der Waals surface area contributed by atoms with Gasteiger partial charge >= 0.3 is 15.2 Å². The van der Waals surface area contributed by atoms with E-state index in [1.807, 2.05) is 0 Å². The highest BCUT2D eigenvalue weighted by Gasteiger charge is 2.44. The fraction of sp³-hybridized carbons (Fsp3) is 0.667. The molecule has 15 heteroatoms. The summed E-state index contributed by atoms with van der Waals surface area (Å²) >= 11 is 6.15. The van der Waals surface area contributed by atoms with E-state index in [0.717, 1.165) is 25.7 Å². The molecule has 0 spiro atoms. The number of anilines is 1. The Morgan fingerprint density at radius 2 is 1.85 bits per heavy atom. The molecule has 6 N–H and O–H groups in total. The lowest BCUT2D eigenvalue weighted by Crippen LogP contribution is -2.29. The molecule has 2 aromatic rings. The number of aliphatic hydroxyl groups is 2. The smallest absolute Gasteiger partial charge is 0.340 e. The van der Waals surface area contributed by atoms with E-state index in [-0.39, 0.29) is 11.7 Å². The lowest BCUT2D eigenvalue weighted by Gasteiger charge is -2.19. The van der Waals surface area contributed by atoms with E-state index in [1.54, 1.807) is 16.6 Å². The van der Waals surface area contributed by atoms with Gasteiger partial charge < -0.3 is 34.7 Å². The normalized spacial score (nSPS) is 28.4. The maximum Gasteiger partial charge on any atom is 0.340 e. The van der Waals surface area contributed by atoms with Crippen LogP contribution in [0.25, 0.3) is 5.52 Å². The van der Waals surface area contributed by atoms with Crippen LogP contribution in [-0.4, -0.2) is 70.3 Å². The van der Waals surface area contributed by atoms with Gasteiger partial charge in [0.15, 0.2) is 11.7 Å². The molecule has 2 aliphatic rings. The molecule has 184 valence electrons.